The summed E-state index contributed by atoms with van der Waals surface area (Å²) in [4.78, 5) is 76.0. The highest BCUT2D eigenvalue weighted by Gasteiger charge is 2.53. The normalized spacial score (nSPS) is 36.0. The quantitative estimate of drug-likeness (QED) is 0.0161. The Morgan fingerprint density at radius 1 is 0.846 bits per heavy atom. The Balaban J connectivity index is 1.02. The average molecular weight is 1640 g/mol. The van der Waals surface area contributed by atoms with Crippen LogP contribution < -0.4 is 36.1 Å². The van der Waals surface area contributed by atoms with Crippen LogP contribution in [0.15, 0.2) is 35.1 Å². The minimum absolute atomic E-state index is 0.00265. The number of nitrogens with zero attached hydrogens (tertiary/aromatic N) is 1. The van der Waals surface area contributed by atoms with Gasteiger partial charge in [0.1, 0.15) is 61.0 Å². The maximum absolute atomic E-state index is 14.6. The fraction of sp³-hybridized carbons (Fsp3) is 0.687. The second kappa shape index (κ2) is 38.7. The lowest BCUT2D eigenvalue weighted by molar-refractivity contribution is -0.337. The summed E-state index contributed by atoms with van der Waals surface area (Å²) in [5, 5.41) is 103. The zero-order chi connectivity index (χ0) is 76.2. The number of nitrogens with one attached hydrogen (secondary N) is 3. The van der Waals surface area contributed by atoms with Gasteiger partial charge < -0.3 is 123 Å². The lowest BCUT2D eigenvalue weighted by Crippen LogP contribution is -2.65. The summed E-state index contributed by atoms with van der Waals surface area (Å²) in [6, 6.07) is -3.22. The lowest BCUT2D eigenvalue weighted by atomic mass is 9.75. The number of methoxy groups -OCH3 is 5. The molecule has 33 nitrogen and oxygen atoms in total. The van der Waals surface area contributed by atoms with E-state index in [-0.39, 0.29) is 102 Å². The number of carbonyl (C=O) groups excluding carboxylic acids is 5. The number of Topliss-reactive ketones (excluding diaryl/α,β-unsaturated/α-hetero) is 1. The highest BCUT2D eigenvalue weighted by Crippen LogP contribution is 2.49. The Morgan fingerprint density at radius 2 is 1.56 bits per heavy atom. The van der Waals surface area contributed by atoms with Gasteiger partial charge in [-0.2, -0.15) is 5.48 Å². The van der Waals surface area contributed by atoms with E-state index >= 15 is 0 Å². The number of halogens is 1. The molecule has 1 aromatic carbocycles. The van der Waals surface area contributed by atoms with Gasteiger partial charge in [0.2, 0.25) is 29.0 Å². The summed E-state index contributed by atoms with van der Waals surface area (Å²) in [5.74, 6) is 9.77. The standard InChI is InChI=1S/C67H94IN5O28S3/c1-12-73(42(78)26-69)35-28-93-43(24-39(35)88-7)99-59-54(82)48(72-101-44-23-36(75)61(33(6)94-44)103-63(85)45-30(3)47(68)57(60(91-10)56(45)89-8)100-64-55(83)58(90-9)51(79)32(5)96-64)31(4)95-65(59)98-38-17-15-13-14-16-21-67(87)25-37(76)49(71-66(86)92-11)46(38)34(67)20-22-102-104-29(2)18-19-41(77)70-50-53(81)52(80)40(27-74)97-62(50)84/h13-14,20,29,31-33,35-36,38-40,43-44,48,50-55,58-59,61-62,64-65,72,74-75,79-84,87H,12,18-19,22-28,69H2,1-11H3,(H,70,77)(H,71,86)/b14-13-,34-20+/t29?,31?,32?,33?,35?,36?,38-,39?,40?,43?,44?,48?,50?,51?,52?,53?,54?,55?,58?,59?,61?,62?,64?,65?,67-/m0/s1. The number of carbonyl (C=O) groups is 5. The van der Waals surface area contributed by atoms with Crippen molar-refractivity contribution >= 4 is 84.7 Å². The smallest absolute Gasteiger partial charge is 0.411 e. The number of aliphatic hydroxyl groups is 9. The first-order chi connectivity index (χ1) is 49.5. The van der Waals surface area contributed by atoms with E-state index in [4.69, 9.17) is 72.2 Å². The fourth-order valence-electron chi connectivity index (χ4n) is 13.0. The summed E-state index contributed by atoms with van der Waals surface area (Å²) in [6.07, 6.45) is -22.4. The van der Waals surface area contributed by atoms with Gasteiger partial charge in [-0.15, -0.1) is 0 Å². The van der Waals surface area contributed by atoms with Gasteiger partial charge in [-0.3, -0.25) is 29.3 Å². The van der Waals surface area contributed by atoms with Gasteiger partial charge in [-0.05, 0) is 81.3 Å². The minimum atomic E-state index is -2.25. The number of alkyl carbamates (subject to hydrolysis) is 1. The number of allylic oxidation sites excluding steroid dienone is 3. The number of ether oxygens (including phenoxy) is 13. The molecule has 0 radical (unpaired) electrons. The van der Waals surface area contributed by atoms with Gasteiger partial charge >= 0.3 is 6.09 Å². The SMILES string of the molecule is CCN(C(=O)CN)C1COC(OC2C(O[C@H]3C#C/C=C\C#C[C@]4(O)CC(=O)C(NC(=O)OC)=C3/C4=C\CSSC(C)CCC(=O)NC3C(O)OC(CO)C(O)C3O)OC(C)C(NOC3CC(O)C(SC(=O)c4c(C)c(I)c(OC5OC(C)C(O)C(OC)C5O)c(OC)c4OC)C(C)O3)C2O)CC1OC. The largest absolute Gasteiger partial charge is 0.492 e. The number of hydrogen-bond acceptors (Lipinski definition) is 33. The maximum atomic E-state index is 14.6. The number of hydroxylamine groups is 1. The molecular weight excluding hydrogens is 1550 g/mol. The molecule has 1 aromatic rings. The molecule has 37 heteroatoms. The number of rotatable bonds is 28. The number of amides is 3. The lowest BCUT2D eigenvalue weighted by Gasteiger charge is -2.47. The van der Waals surface area contributed by atoms with Crippen LogP contribution in [0.1, 0.15) is 82.6 Å². The van der Waals surface area contributed by atoms with E-state index in [0.717, 1.165) is 18.9 Å². The first-order valence-electron chi connectivity index (χ1n) is 33.6. The molecule has 5 aliphatic heterocycles. The molecule has 0 saturated carbocycles. The molecular formula is C67H94IN5O28S3. The molecule has 2 aliphatic carbocycles. The molecule has 3 amide bonds. The molecule has 5 fully saturated rings. The zero-order valence-electron chi connectivity index (χ0n) is 59.1. The summed E-state index contributed by atoms with van der Waals surface area (Å²) in [5.41, 5.74) is 6.32. The van der Waals surface area contributed by atoms with Crippen molar-refractivity contribution in [3.63, 3.8) is 0 Å². The Morgan fingerprint density at radius 3 is 2.21 bits per heavy atom. The Bertz CT molecular complexity index is 3400. The summed E-state index contributed by atoms with van der Waals surface area (Å²) in [6.45, 7) is 9.27. The second-order valence-corrected chi connectivity index (χ2v) is 30.5. The number of ketones is 1. The first-order valence-corrected chi connectivity index (χ1v) is 37.9. The number of nitrogens with two attached hydrogens (primary N) is 1. The monoisotopic (exact) mass is 1640 g/mol. The number of aliphatic hydroxyl groups excluding tert-OH is 8. The van der Waals surface area contributed by atoms with E-state index in [0.29, 0.717) is 9.13 Å². The van der Waals surface area contributed by atoms with Crippen molar-refractivity contribution in [2.75, 3.05) is 67.6 Å². The van der Waals surface area contributed by atoms with Gasteiger partial charge in [-0.1, -0.05) is 70.0 Å². The van der Waals surface area contributed by atoms with Gasteiger partial charge in [0.05, 0.1) is 110 Å². The molecule has 14 N–H and O–H groups in total. The van der Waals surface area contributed by atoms with Crippen LogP contribution in [0.25, 0.3) is 0 Å². The fourth-order valence-corrected chi connectivity index (χ4v) is 17.0. The number of benzene rings is 1. The van der Waals surface area contributed by atoms with Crippen LogP contribution >= 0.6 is 55.9 Å². The van der Waals surface area contributed by atoms with E-state index in [1.54, 1.807) is 40.7 Å². The van der Waals surface area contributed by atoms with Crippen molar-refractivity contribution in [3.8, 4) is 40.9 Å². The summed E-state index contributed by atoms with van der Waals surface area (Å²) < 4.78 is 78.1. The van der Waals surface area contributed by atoms with Gasteiger partial charge in [-0.25, -0.2) is 4.79 Å². The third-order valence-corrected chi connectivity index (χ3v) is 24.1. The number of thioether (sulfide) groups is 1. The molecule has 25 atom stereocenters. The molecule has 5 heterocycles. The third-order valence-electron chi connectivity index (χ3n) is 18.6. The molecule has 2 bridgehead atoms. The van der Waals surface area contributed by atoms with Crippen LogP contribution in [0.2, 0.25) is 0 Å². The number of hydrogen-bond donors (Lipinski definition) is 13. The zero-order valence-corrected chi connectivity index (χ0v) is 63.7. The van der Waals surface area contributed by atoms with Crippen LogP contribution in [0.4, 0.5) is 4.79 Å². The Labute approximate surface area is 627 Å². The van der Waals surface area contributed by atoms with Crippen LogP contribution in [-0.2, 0) is 66.6 Å². The van der Waals surface area contributed by atoms with Gasteiger partial charge in [0.25, 0.3) is 0 Å². The molecule has 580 valence electrons. The van der Waals surface area contributed by atoms with E-state index in [1.165, 1.54) is 67.1 Å². The molecule has 5 saturated heterocycles. The molecule has 104 heavy (non-hydrogen) atoms. The second-order valence-electron chi connectivity index (χ2n) is 25.4. The Kier molecular flexibility index (Phi) is 31.6. The van der Waals surface area contributed by atoms with E-state index in [9.17, 15) is 69.9 Å². The minimum Gasteiger partial charge on any atom is -0.492 e. The predicted molar refractivity (Wildman–Crippen MR) is 379 cm³/mol. The number of likely N-dealkylation sites (N-methyl/N-ethyl adjacent to an activating group) is 1. The van der Waals surface area contributed by atoms with E-state index < -0.39 is 182 Å². The van der Waals surface area contributed by atoms with Crippen LogP contribution in [-0.4, -0.2) is 298 Å². The Hall–Kier alpha value is -4.55. The third kappa shape index (κ3) is 19.7. The maximum Gasteiger partial charge on any atom is 0.411 e. The first kappa shape index (κ1) is 85.1. The average Bonchev–Trinajstić information content (AvgIpc) is 0.755. The molecule has 23 unspecified atom stereocenters. The van der Waals surface area contributed by atoms with Gasteiger partial charge in [0, 0.05) is 62.2 Å². The van der Waals surface area contributed by atoms with Crippen LogP contribution in [0.3, 0.4) is 0 Å². The molecule has 0 spiro atoms. The highest BCUT2D eigenvalue weighted by atomic mass is 127. The van der Waals surface area contributed by atoms with Gasteiger partial charge in [0.15, 0.2) is 48.0 Å². The summed E-state index contributed by atoms with van der Waals surface area (Å²) in [7, 11) is 9.17. The van der Waals surface area contributed by atoms with Crippen LogP contribution in [0.5, 0.6) is 17.2 Å². The summed E-state index contributed by atoms with van der Waals surface area (Å²) >= 11 is 2.76. The van der Waals surface area contributed by atoms with Crippen LogP contribution in [0, 0.1) is 34.2 Å². The molecule has 8 rings (SSSR count). The van der Waals surface area contributed by atoms with Crippen molar-refractivity contribution in [2.24, 2.45) is 5.73 Å². The molecule has 7 aliphatic rings. The number of fused-ring (bicyclic) bond motifs is 2. The van der Waals surface area contributed by atoms with Crippen molar-refractivity contribution in [1.29, 1.82) is 0 Å². The molecule has 0 aromatic heterocycles. The highest BCUT2D eigenvalue weighted by molar-refractivity contribution is 14.1. The van der Waals surface area contributed by atoms with Crippen molar-refractivity contribution < 1.29 is 136 Å². The predicted octanol–water partition coefficient (Wildman–Crippen LogP) is -0.799. The van der Waals surface area contributed by atoms with Crippen molar-refractivity contribution in [3.05, 3.63) is 49.8 Å². The van der Waals surface area contributed by atoms with E-state index in [2.05, 4.69) is 39.8 Å². The topological polar surface area (TPSA) is 462 Å². The van der Waals surface area contributed by atoms with Crippen molar-refractivity contribution in [2.45, 2.75) is 225 Å². The van der Waals surface area contributed by atoms with Crippen molar-refractivity contribution in [1.82, 2.24) is 21.0 Å². The van der Waals surface area contributed by atoms with E-state index in [1.807, 2.05) is 29.5 Å².